The maximum absolute atomic E-state index is 5.46. The van der Waals surface area contributed by atoms with Crippen LogP contribution in [-0.2, 0) is 4.74 Å². The monoisotopic (exact) mass is 296 g/mol. The molecule has 0 radical (unpaired) electrons. The first-order valence-corrected chi connectivity index (χ1v) is 7.29. The zero-order chi connectivity index (χ0) is 14.9. The second kappa shape index (κ2) is 5.34. The normalized spacial score (nSPS) is 18.0. The Hall–Kier alpha value is -2.54. The van der Waals surface area contributed by atoms with E-state index < -0.39 is 0 Å². The molecule has 1 fully saturated rings. The van der Waals surface area contributed by atoms with Crippen molar-refractivity contribution in [3.63, 3.8) is 0 Å². The summed E-state index contributed by atoms with van der Waals surface area (Å²) < 4.78 is 7.29. The Bertz CT molecular complexity index is 773. The number of hydrogen-bond donors (Lipinski definition) is 1. The summed E-state index contributed by atoms with van der Waals surface area (Å²) in [6, 6.07) is 8.08. The fourth-order valence-corrected chi connectivity index (χ4v) is 2.67. The zero-order valence-electron chi connectivity index (χ0n) is 12.2. The van der Waals surface area contributed by atoms with Crippen molar-refractivity contribution in [3.8, 4) is 17.3 Å². The van der Waals surface area contributed by atoms with E-state index in [0.29, 0.717) is 18.3 Å². The molecule has 0 bridgehead atoms. The van der Waals surface area contributed by atoms with E-state index in [1.165, 1.54) is 6.33 Å². The van der Waals surface area contributed by atoms with Gasteiger partial charge in [-0.3, -0.25) is 5.10 Å². The molecule has 1 unspecified atom stereocenters. The van der Waals surface area contributed by atoms with Crippen LogP contribution >= 0.6 is 0 Å². The highest BCUT2D eigenvalue weighted by Crippen LogP contribution is 2.27. The summed E-state index contributed by atoms with van der Waals surface area (Å²) in [4.78, 5) is 8.91. The second-order valence-electron chi connectivity index (χ2n) is 5.39. The molecule has 7 nitrogen and oxygen atoms in total. The summed E-state index contributed by atoms with van der Waals surface area (Å²) in [6.45, 7) is 3.49. The number of nitrogens with one attached hydrogen (secondary N) is 1. The van der Waals surface area contributed by atoms with Gasteiger partial charge in [-0.05, 0) is 25.0 Å². The van der Waals surface area contributed by atoms with Gasteiger partial charge < -0.3 is 4.74 Å². The molecule has 1 aliphatic rings. The molecule has 1 aliphatic heterocycles. The zero-order valence-corrected chi connectivity index (χ0v) is 12.2. The van der Waals surface area contributed by atoms with Crippen LogP contribution in [0.1, 0.15) is 23.7 Å². The minimum Gasteiger partial charge on any atom is -0.381 e. The van der Waals surface area contributed by atoms with Crippen LogP contribution in [0.4, 0.5) is 0 Å². The summed E-state index contributed by atoms with van der Waals surface area (Å²) in [5.41, 5.74) is 2.12. The summed E-state index contributed by atoms with van der Waals surface area (Å²) in [5.74, 6) is 2.33. The van der Waals surface area contributed by atoms with Gasteiger partial charge in [-0.2, -0.15) is 10.2 Å². The van der Waals surface area contributed by atoms with Crippen molar-refractivity contribution in [2.45, 2.75) is 19.3 Å². The van der Waals surface area contributed by atoms with Gasteiger partial charge in [0.1, 0.15) is 6.33 Å². The number of aromatic nitrogens is 6. The van der Waals surface area contributed by atoms with Crippen molar-refractivity contribution in [1.29, 1.82) is 0 Å². The van der Waals surface area contributed by atoms with Crippen LogP contribution in [0, 0.1) is 6.92 Å². The van der Waals surface area contributed by atoms with Crippen LogP contribution in [0.25, 0.3) is 17.3 Å². The first-order valence-electron chi connectivity index (χ1n) is 7.29. The lowest BCUT2D eigenvalue weighted by molar-refractivity contribution is 0.193. The van der Waals surface area contributed by atoms with E-state index >= 15 is 0 Å². The van der Waals surface area contributed by atoms with Crippen molar-refractivity contribution < 1.29 is 4.74 Å². The van der Waals surface area contributed by atoms with Crippen molar-refractivity contribution in [2.75, 3.05) is 13.2 Å². The molecule has 1 N–H and O–H groups in total. The summed E-state index contributed by atoms with van der Waals surface area (Å²) >= 11 is 0. The number of aromatic amines is 1. The van der Waals surface area contributed by atoms with Gasteiger partial charge in [0.05, 0.1) is 12.3 Å². The Morgan fingerprint density at radius 2 is 2.23 bits per heavy atom. The van der Waals surface area contributed by atoms with Gasteiger partial charge >= 0.3 is 0 Å². The van der Waals surface area contributed by atoms with Crippen LogP contribution in [0.2, 0.25) is 0 Å². The number of rotatable bonds is 3. The summed E-state index contributed by atoms with van der Waals surface area (Å²) in [5, 5.41) is 11.5. The van der Waals surface area contributed by atoms with E-state index in [-0.39, 0.29) is 5.92 Å². The molecule has 0 saturated carbocycles. The molecule has 1 aromatic carbocycles. The fraction of sp³-hybridized carbons (Fsp3) is 0.333. The molecular formula is C15H16N6O. The Morgan fingerprint density at radius 1 is 1.32 bits per heavy atom. The minimum atomic E-state index is 0.243. The first kappa shape index (κ1) is 13.1. The van der Waals surface area contributed by atoms with Gasteiger partial charge in [-0.25, -0.2) is 14.6 Å². The first-order chi connectivity index (χ1) is 10.8. The van der Waals surface area contributed by atoms with Crippen molar-refractivity contribution in [3.05, 3.63) is 42.0 Å². The maximum atomic E-state index is 5.46. The van der Waals surface area contributed by atoms with Crippen LogP contribution in [-0.4, -0.2) is 43.2 Å². The Kier molecular flexibility index (Phi) is 3.19. The predicted molar refractivity (Wildman–Crippen MR) is 79.6 cm³/mol. The topological polar surface area (TPSA) is 81.5 Å². The van der Waals surface area contributed by atoms with Gasteiger partial charge in [0.25, 0.3) is 0 Å². The van der Waals surface area contributed by atoms with Crippen molar-refractivity contribution >= 4 is 0 Å². The van der Waals surface area contributed by atoms with Crippen LogP contribution in [0.5, 0.6) is 0 Å². The van der Waals surface area contributed by atoms with Crippen LogP contribution < -0.4 is 0 Å². The largest absolute Gasteiger partial charge is 0.381 e. The van der Waals surface area contributed by atoms with E-state index in [2.05, 4.69) is 28.2 Å². The molecule has 7 heteroatoms. The Balaban J connectivity index is 1.86. The van der Waals surface area contributed by atoms with Crippen molar-refractivity contribution in [1.82, 2.24) is 29.9 Å². The number of nitrogens with zero attached hydrogens (tertiary/aromatic N) is 5. The lowest BCUT2D eigenvalue weighted by Crippen LogP contribution is -2.04. The molecule has 3 aromatic rings. The smallest absolute Gasteiger partial charge is 0.200 e. The number of para-hydroxylation sites is 1. The molecular weight excluding hydrogens is 280 g/mol. The fourth-order valence-electron chi connectivity index (χ4n) is 2.67. The molecule has 3 heterocycles. The SMILES string of the molecule is Cc1ccccc1-n1nc(C2CCOC2)nc1-c1ncn[nH]1. The van der Waals surface area contributed by atoms with Gasteiger partial charge in [0.2, 0.25) is 5.82 Å². The Morgan fingerprint density at radius 3 is 2.95 bits per heavy atom. The maximum Gasteiger partial charge on any atom is 0.200 e. The highest BCUT2D eigenvalue weighted by Gasteiger charge is 2.25. The third kappa shape index (κ3) is 2.19. The van der Waals surface area contributed by atoms with E-state index in [0.717, 1.165) is 30.1 Å². The number of aryl methyl sites for hydroxylation is 1. The lowest BCUT2D eigenvalue weighted by atomic mass is 10.1. The highest BCUT2D eigenvalue weighted by molar-refractivity contribution is 5.51. The third-order valence-corrected chi connectivity index (χ3v) is 3.89. The van der Waals surface area contributed by atoms with E-state index in [1.807, 2.05) is 22.9 Å². The molecule has 1 atom stereocenters. The molecule has 22 heavy (non-hydrogen) atoms. The average molecular weight is 296 g/mol. The lowest BCUT2D eigenvalue weighted by Gasteiger charge is -2.07. The number of hydrogen-bond acceptors (Lipinski definition) is 5. The molecule has 112 valence electrons. The molecule has 1 saturated heterocycles. The second-order valence-corrected chi connectivity index (χ2v) is 5.39. The van der Waals surface area contributed by atoms with Crippen LogP contribution in [0.3, 0.4) is 0 Å². The van der Waals surface area contributed by atoms with Gasteiger partial charge in [-0.1, -0.05) is 18.2 Å². The van der Waals surface area contributed by atoms with E-state index in [1.54, 1.807) is 0 Å². The average Bonchev–Trinajstić information content (AvgIpc) is 3.27. The number of H-pyrrole nitrogens is 1. The summed E-state index contributed by atoms with van der Waals surface area (Å²) in [7, 11) is 0. The molecule has 0 aliphatic carbocycles. The summed E-state index contributed by atoms with van der Waals surface area (Å²) in [6.07, 6.45) is 2.43. The van der Waals surface area contributed by atoms with Gasteiger partial charge in [-0.15, -0.1) is 0 Å². The van der Waals surface area contributed by atoms with Gasteiger partial charge in [0.15, 0.2) is 11.6 Å². The minimum absolute atomic E-state index is 0.243. The highest BCUT2D eigenvalue weighted by atomic mass is 16.5. The molecule has 0 spiro atoms. The Labute approximate surface area is 127 Å². The molecule has 0 amide bonds. The number of ether oxygens (including phenoxy) is 1. The number of benzene rings is 1. The van der Waals surface area contributed by atoms with E-state index in [4.69, 9.17) is 14.8 Å². The third-order valence-electron chi connectivity index (χ3n) is 3.89. The van der Waals surface area contributed by atoms with E-state index in [9.17, 15) is 0 Å². The standard InChI is InChI=1S/C15H16N6O/c1-10-4-2-3-5-12(10)21-15(14-16-9-17-19-14)18-13(20-21)11-6-7-22-8-11/h2-5,9,11H,6-8H2,1H3,(H,16,17,19). The van der Waals surface area contributed by atoms with Crippen LogP contribution in [0.15, 0.2) is 30.6 Å². The van der Waals surface area contributed by atoms with Gasteiger partial charge in [0, 0.05) is 12.5 Å². The predicted octanol–water partition coefficient (Wildman–Crippen LogP) is 1.86. The quantitative estimate of drug-likeness (QED) is 0.798. The van der Waals surface area contributed by atoms with Crippen molar-refractivity contribution in [2.24, 2.45) is 0 Å². The molecule has 4 rings (SSSR count). The molecule has 2 aromatic heterocycles.